The van der Waals surface area contributed by atoms with E-state index in [9.17, 15) is 9.90 Å². The summed E-state index contributed by atoms with van der Waals surface area (Å²) in [7, 11) is 0. The van der Waals surface area contributed by atoms with E-state index in [-0.39, 0.29) is 16.8 Å². The summed E-state index contributed by atoms with van der Waals surface area (Å²) >= 11 is 1.68. The van der Waals surface area contributed by atoms with Crippen LogP contribution in [0.25, 0.3) is 0 Å². The first-order chi connectivity index (χ1) is 13.5. The smallest absolute Gasteiger partial charge is 0.306 e. The maximum Gasteiger partial charge on any atom is 0.306 e. The van der Waals surface area contributed by atoms with Crippen molar-refractivity contribution in [1.82, 2.24) is 0 Å². The maximum atomic E-state index is 12.2. The number of aryl methyl sites for hydroxylation is 1. The fourth-order valence-electron chi connectivity index (χ4n) is 3.13. The molecule has 29 heavy (non-hydrogen) atoms. The minimum Gasteiger partial charge on any atom is -0.507 e. The summed E-state index contributed by atoms with van der Waals surface area (Å²) in [5, 5.41) is 10.8. The average Bonchev–Trinajstić information content (AvgIpc) is 2.63. The Morgan fingerprint density at radius 2 is 1.52 bits per heavy atom. The number of carbonyl (C=O) groups excluding carboxylic acids is 1. The zero-order chi connectivity index (χ0) is 21.7. The minimum atomic E-state index is -0.179. The van der Waals surface area contributed by atoms with Gasteiger partial charge in [0, 0.05) is 17.1 Å². The van der Waals surface area contributed by atoms with Crippen LogP contribution in [0.1, 0.15) is 64.7 Å². The molecule has 3 nitrogen and oxygen atoms in total. The highest BCUT2D eigenvalue weighted by Gasteiger charge is 2.26. The van der Waals surface area contributed by atoms with Crippen molar-refractivity contribution in [3.63, 3.8) is 0 Å². The monoisotopic (exact) mass is 414 g/mol. The Morgan fingerprint density at radius 3 is 2.03 bits per heavy atom. The van der Waals surface area contributed by atoms with Crippen LogP contribution in [-0.2, 0) is 26.8 Å². The topological polar surface area (TPSA) is 46.5 Å². The van der Waals surface area contributed by atoms with Crippen LogP contribution in [0.15, 0.2) is 47.4 Å². The van der Waals surface area contributed by atoms with Crippen LogP contribution < -0.4 is 0 Å². The van der Waals surface area contributed by atoms with Crippen molar-refractivity contribution in [3.8, 4) is 5.75 Å². The van der Waals surface area contributed by atoms with E-state index in [1.54, 1.807) is 11.8 Å². The lowest BCUT2D eigenvalue weighted by molar-refractivity contribution is -0.142. The van der Waals surface area contributed by atoms with E-state index < -0.39 is 0 Å². The molecule has 0 aliphatic carbocycles. The minimum absolute atomic E-state index is 0.171. The molecule has 0 unspecified atom stereocenters. The van der Waals surface area contributed by atoms with Crippen molar-refractivity contribution in [3.05, 3.63) is 59.2 Å². The van der Waals surface area contributed by atoms with E-state index in [4.69, 9.17) is 4.74 Å². The van der Waals surface area contributed by atoms with E-state index in [1.807, 2.05) is 30.3 Å². The summed E-state index contributed by atoms with van der Waals surface area (Å²) in [6, 6.07) is 14.2. The Morgan fingerprint density at radius 1 is 0.966 bits per heavy atom. The number of benzene rings is 2. The number of carbonyl (C=O) groups is 1. The molecule has 0 aliphatic heterocycles. The summed E-state index contributed by atoms with van der Waals surface area (Å²) in [6.07, 6.45) is 0.949. The molecule has 0 bridgehead atoms. The fraction of sp³-hybridized carbons (Fsp3) is 0.480. The molecule has 0 radical (unpaired) electrons. The molecule has 0 fully saturated rings. The highest BCUT2D eigenvalue weighted by Crippen LogP contribution is 2.40. The van der Waals surface area contributed by atoms with Gasteiger partial charge in [0.25, 0.3) is 0 Å². The normalized spacial score (nSPS) is 12.1. The van der Waals surface area contributed by atoms with Gasteiger partial charge < -0.3 is 9.84 Å². The maximum absolute atomic E-state index is 12.2. The van der Waals surface area contributed by atoms with Gasteiger partial charge in [-0.3, -0.25) is 4.79 Å². The zero-order valence-corrected chi connectivity index (χ0v) is 19.4. The molecule has 2 aromatic rings. The van der Waals surface area contributed by atoms with Crippen LogP contribution in [0, 0.1) is 0 Å². The SMILES string of the molecule is CC(C)(C)c1cc(CCC(=O)OCCSc2ccccc2)cc(C(C)(C)C)c1O. The second kappa shape index (κ2) is 9.71. The quantitative estimate of drug-likeness (QED) is 0.330. The molecule has 2 rings (SSSR count). The van der Waals surface area contributed by atoms with Crippen molar-refractivity contribution < 1.29 is 14.6 Å². The molecule has 2 aromatic carbocycles. The van der Waals surface area contributed by atoms with Crippen LogP contribution in [0.2, 0.25) is 0 Å². The van der Waals surface area contributed by atoms with Crippen LogP contribution in [0.5, 0.6) is 5.75 Å². The first kappa shape index (κ1) is 23.3. The molecule has 0 aliphatic rings. The lowest BCUT2D eigenvalue weighted by Gasteiger charge is -2.28. The second-order valence-electron chi connectivity index (χ2n) is 9.42. The first-order valence-corrected chi connectivity index (χ1v) is 11.2. The van der Waals surface area contributed by atoms with Crippen molar-refractivity contribution in [2.24, 2.45) is 0 Å². The summed E-state index contributed by atoms with van der Waals surface area (Å²) in [5.41, 5.74) is 2.57. The lowest BCUT2D eigenvalue weighted by atomic mass is 9.78. The summed E-state index contributed by atoms with van der Waals surface area (Å²) in [4.78, 5) is 13.4. The van der Waals surface area contributed by atoms with Gasteiger partial charge in [-0.15, -0.1) is 11.8 Å². The van der Waals surface area contributed by atoms with E-state index in [2.05, 4.69) is 53.7 Å². The predicted octanol–water partition coefficient (Wildman–Crippen LogP) is 6.26. The Hall–Kier alpha value is -1.94. The first-order valence-electron chi connectivity index (χ1n) is 10.2. The largest absolute Gasteiger partial charge is 0.507 e. The number of thioether (sulfide) groups is 1. The number of hydrogen-bond acceptors (Lipinski definition) is 4. The van der Waals surface area contributed by atoms with Gasteiger partial charge >= 0.3 is 5.97 Å². The molecule has 0 heterocycles. The number of phenols is 1. The average molecular weight is 415 g/mol. The molecule has 0 spiro atoms. The third kappa shape index (κ3) is 7.11. The Kier molecular flexibility index (Phi) is 7.81. The number of rotatable bonds is 7. The third-order valence-electron chi connectivity index (χ3n) is 4.76. The zero-order valence-electron chi connectivity index (χ0n) is 18.5. The van der Waals surface area contributed by atoms with E-state index in [0.717, 1.165) is 22.4 Å². The van der Waals surface area contributed by atoms with Crippen LogP contribution in [0.3, 0.4) is 0 Å². The molecule has 4 heteroatoms. The van der Waals surface area contributed by atoms with E-state index in [0.29, 0.717) is 25.2 Å². The number of hydrogen-bond donors (Lipinski definition) is 1. The molecule has 0 amide bonds. The number of phenolic OH excluding ortho intramolecular Hbond substituents is 1. The second-order valence-corrected chi connectivity index (χ2v) is 10.6. The summed E-state index contributed by atoms with van der Waals surface area (Å²) in [6.45, 7) is 13.0. The molecule has 1 N–H and O–H groups in total. The molecule has 158 valence electrons. The molecular weight excluding hydrogens is 380 g/mol. The van der Waals surface area contributed by atoms with Crippen molar-refractivity contribution >= 4 is 17.7 Å². The molecule has 0 saturated heterocycles. The Bertz CT molecular complexity index is 779. The van der Waals surface area contributed by atoms with Crippen LogP contribution >= 0.6 is 11.8 Å². The Balaban J connectivity index is 1.96. The third-order valence-corrected chi connectivity index (χ3v) is 5.74. The van der Waals surface area contributed by atoms with Gasteiger partial charge in [0.2, 0.25) is 0 Å². The lowest BCUT2D eigenvalue weighted by Crippen LogP contribution is -2.18. The summed E-state index contributed by atoms with van der Waals surface area (Å²) < 4.78 is 5.40. The van der Waals surface area contributed by atoms with E-state index >= 15 is 0 Å². The van der Waals surface area contributed by atoms with Crippen LogP contribution in [-0.4, -0.2) is 23.4 Å². The van der Waals surface area contributed by atoms with Crippen molar-refractivity contribution in [2.45, 2.75) is 70.1 Å². The van der Waals surface area contributed by atoms with Gasteiger partial charge in [0.1, 0.15) is 12.4 Å². The molecular formula is C25H34O3S. The van der Waals surface area contributed by atoms with Gasteiger partial charge in [0.15, 0.2) is 0 Å². The van der Waals surface area contributed by atoms with Crippen LogP contribution in [0.4, 0.5) is 0 Å². The molecule has 0 atom stereocenters. The fourth-order valence-corrected chi connectivity index (χ4v) is 3.88. The van der Waals surface area contributed by atoms with Gasteiger partial charge in [0.05, 0.1) is 0 Å². The number of esters is 1. The molecule has 0 aromatic heterocycles. The summed E-state index contributed by atoms with van der Waals surface area (Å²) in [5.74, 6) is 0.938. The van der Waals surface area contributed by atoms with Crippen molar-refractivity contribution in [2.75, 3.05) is 12.4 Å². The molecule has 0 saturated carbocycles. The number of ether oxygens (including phenoxy) is 1. The van der Waals surface area contributed by atoms with E-state index in [1.165, 1.54) is 4.90 Å². The van der Waals surface area contributed by atoms with Gasteiger partial charge in [-0.1, -0.05) is 71.9 Å². The standard InChI is InChI=1S/C25H34O3S/c1-24(2,3)20-16-18(17-21(23(20)27)25(4,5)6)12-13-22(26)28-14-15-29-19-10-8-7-9-11-19/h7-11,16-17,27H,12-15H2,1-6H3. The highest BCUT2D eigenvalue weighted by atomic mass is 32.2. The van der Waals surface area contributed by atoms with Crippen molar-refractivity contribution in [1.29, 1.82) is 0 Å². The Labute approximate surface area is 179 Å². The van der Waals surface area contributed by atoms with Gasteiger partial charge in [-0.2, -0.15) is 0 Å². The van der Waals surface area contributed by atoms with Gasteiger partial charge in [-0.05, 0) is 46.1 Å². The number of aromatic hydroxyl groups is 1. The highest BCUT2D eigenvalue weighted by molar-refractivity contribution is 7.99. The predicted molar refractivity (Wildman–Crippen MR) is 122 cm³/mol. The van der Waals surface area contributed by atoms with Gasteiger partial charge in [-0.25, -0.2) is 0 Å².